The highest BCUT2D eigenvalue weighted by Gasteiger charge is 2.13. The minimum atomic E-state index is -0.562. The maximum absolute atomic E-state index is 10.2. The molecule has 0 amide bonds. The van der Waals surface area contributed by atoms with Crippen molar-refractivity contribution in [3.05, 3.63) is 57.6 Å². The van der Waals surface area contributed by atoms with Crippen molar-refractivity contribution in [1.82, 2.24) is 0 Å². The molecule has 2 rings (SSSR count). The summed E-state index contributed by atoms with van der Waals surface area (Å²) in [6, 6.07) is 11.2. The summed E-state index contributed by atoms with van der Waals surface area (Å²) in [7, 11) is 5.21. The molecule has 0 saturated heterocycles. The van der Waals surface area contributed by atoms with Crippen molar-refractivity contribution in [3.63, 3.8) is 0 Å². The molecule has 0 aromatic heterocycles. The van der Waals surface area contributed by atoms with Gasteiger partial charge in [0.1, 0.15) is 19.2 Å². The Balaban J connectivity index is 1.76. The first kappa shape index (κ1) is 21.8. The lowest BCUT2D eigenvalue weighted by molar-refractivity contribution is -0.897. The van der Waals surface area contributed by atoms with Crippen LogP contribution in [0, 0.1) is 0 Å². The highest BCUT2D eigenvalue weighted by Crippen LogP contribution is 2.27. The number of aliphatic hydroxyl groups is 1. The van der Waals surface area contributed by atoms with Gasteiger partial charge in [-0.1, -0.05) is 35.3 Å². The molecule has 0 saturated carbocycles. The van der Waals surface area contributed by atoms with E-state index >= 15 is 0 Å². The molecule has 1 unspecified atom stereocenters. The second-order valence-electron chi connectivity index (χ2n) is 6.44. The average molecular weight is 415 g/mol. The molecule has 2 N–H and O–H groups in total. The molecular formula is C20H26Cl2NO4+. The molecule has 0 bridgehead atoms. The van der Waals surface area contributed by atoms with E-state index in [1.165, 1.54) is 0 Å². The highest BCUT2D eigenvalue weighted by molar-refractivity contribution is 6.42. The van der Waals surface area contributed by atoms with Crippen molar-refractivity contribution in [2.75, 3.05) is 34.4 Å². The van der Waals surface area contributed by atoms with Gasteiger partial charge in [0.15, 0.2) is 11.5 Å². The Kier molecular flexibility index (Phi) is 8.67. The molecule has 2 atom stereocenters. The van der Waals surface area contributed by atoms with Gasteiger partial charge in [-0.15, -0.1) is 0 Å². The second kappa shape index (κ2) is 10.7. The normalized spacial score (nSPS) is 13.3. The number of methoxy groups -OCH3 is 2. The summed E-state index contributed by atoms with van der Waals surface area (Å²) in [6.45, 7) is 1.95. The monoisotopic (exact) mass is 414 g/mol. The molecule has 2 aromatic rings. The van der Waals surface area contributed by atoms with E-state index in [9.17, 15) is 5.11 Å². The Hall–Kier alpha value is -1.50. The van der Waals surface area contributed by atoms with E-state index in [0.29, 0.717) is 34.7 Å². The molecule has 148 valence electrons. The summed E-state index contributed by atoms with van der Waals surface area (Å²) in [5.41, 5.74) is 2.02. The maximum atomic E-state index is 10.2. The molecule has 5 nitrogen and oxygen atoms in total. The van der Waals surface area contributed by atoms with Crippen LogP contribution in [0.4, 0.5) is 0 Å². The minimum absolute atomic E-state index is 0.257. The fourth-order valence-electron chi connectivity index (χ4n) is 2.81. The van der Waals surface area contributed by atoms with E-state index in [1.54, 1.807) is 20.3 Å². The van der Waals surface area contributed by atoms with Crippen molar-refractivity contribution in [2.45, 2.75) is 19.3 Å². The van der Waals surface area contributed by atoms with Gasteiger partial charge in [-0.2, -0.15) is 0 Å². The van der Waals surface area contributed by atoms with Crippen molar-refractivity contribution in [1.29, 1.82) is 0 Å². The zero-order valence-electron chi connectivity index (χ0n) is 15.8. The number of benzene rings is 2. The lowest BCUT2D eigenvalue weighted by Crippen LogP contribution is -3.08. The van der Waals surface area contributed by atoms with Gasteiger partial charge < -0.3 is 24.2 Å². The fourth-order valence-corrected chi connectivity index (χ4v) is 3.14. The number of hydrogen-bond acceptors (Lipinski definition) is 4. The molecule has 7 heteroatoms. The summed E-state index contributed by atoms with van der Waals surface area (Å²) >= 11 is 12.0. The molecule has 0 aliphatic heterocycles. The molecule has 0 aliphatic carbocycles. The SMILES string of the molecule is COc1ccc(COC[C@H](O)C[NH+](C)Cc2ccc(Cl)c(Cl)c2)cc1OC. The summed E-state index contributed by atoms with van der Waals surface area (Å²) in [4.78, 5) is 1.15. The van der Waals surface area contributed by atoms with Crippen LogP contribution < -0.4 is 14.4 Å². The van der Waals surface area contributed by atoms with E-state index in [0.717, 1.165) is 22.6 Å². The Labute approximate surface area is 170 Å². The van der Waals surface area contributed by atoms with Gasteiger partial charge in [0.25, 0.3) is 0 Å². The largest absolute Gasteiger partial charge is 0.493 e. The Morgan fingerprint density at radius 3 is 2.33 bits per heavy atom. The predicted molar refractivity (Wildman–Crippen MR) is 107 cm³/mol. The molecule has 2 aromatic carbocycles. The average Bonchev–Trinajstić information content (AvgIpc) is 2.64. The quantitative estimate of drug-likeness (QED) is 0.627. The number of rotatable bonds is 10. The summed E-state index contributed by atoms with van der Waals surface area (Å²) in [6.07, 6.45) is -0.562. The summed E-state index contributed by atoms with van der Waals surface area (Å²) < 4.78 is 16.1. The van der Waals surface area contributed by atoms with E-state index in [4.69, 9.17) is 37.4 Å². The van der Waals surface area contributed by atoms with Gasteiger partial charge in [-0.25, -0.2) is 0 Å². The zero-order valence-corrected chi connectivity index (χ0v) is 17.3. The predicted octanol–water partition coefficient (Wildman–Crippen LogP) is 2.60. The zero-order chi connectivity index (χ0) is 19.8. The lowest BCUT2D eigenvalue weighted by atomic mass is 10.2. The van der Waals surface area contributed by atoms with Gasteiger partial charge in [0.2, 0.25) is 0 Å². The van der Waals surface area contributed by atoms with E-state index in [2.05, 4.69) is 0 Å². The van der Waals surface area contributed by atoms with Gasteiger partial charge in [-0.3, -0.25) is 0 Å². The summed E-state index contributed by atoms with van der Waals surface area (Å²) in [5.74, 6) is 1.33. The summed E-state index contributed by atoms with van der Waals surface area (Å²) in [5, 5.41) is 11.3. The van der Waals surface area contributed by atoms with Gasteiger partial charge in [-0.05, 0) is 29.8 Å². The van der Waals surface area contributed by atoms with Crippen LogP contribution >= 0.6 is 23.2 Å². The first-order valence-electron chi connectivity index (χ1n) is 8.65. The number of likely N-dealkylation sites (N-methyl/N-ethyl adjacent to an activating group) is 1. The minimum Gasteiger partial charge on any atom is -0.493 e. The number of halogens is 2. The van der Waals surface area contributed by atoms with Crippen LogP contribution in [0.1, 0.15) is 11.1 Å². The Morgan fingerprint density at radius 1 is 0.963 bits per heavy atom. The Morgan fingerprint density at radius 2 is 1.67 bits per heavy atom. The van der Waals surface area contributed by atoms with Crippen LogP contribution in [-0.2, 0) is 17.9 Å². The maximum Gasteiger partial charge on any atom is 0.161 e. The van der Waals surface area contributed by atoms with Crippen molar-refractivity contribution < 1.29 is 24.2 Å². The van der Waals surface area contributed by atoms with Crippen LogP contribution in [0.15, 0.2) is 36.4 Å². The molecule has 0 aliphatic rings. The number of aliphatic hydroxyl groups excluding tert-OH is 1. The van der Waals surface area contributed by atoms with Gasteiger partial charge >= 0.3 is 0 Å². The number of quaternary nitrogens is 1. The van der Waals surface area contributed by atoms with E-state index in [1.807, 2.05) is 37.4 Å². The molecule has 0 heterocycles. The van der Waals surface area contributed by atoms with E-state index < -0.39 is 6.10 Å². The second-order valence-corrected chi connectivity index (χ2v) is 7.26. The topological polar surface area (TPSA) is 52.4 Å². The van der Waals surface area contributed by atoms with Crippen LogP contribution in [0.3, 0.4) is 0 Å². The third-order valence-electron chi connectivity index (χ3n) is 4.10. The molecule has 27 heavy (non-hydrogen) atoms. The van der Waals surface area contributed by atoms with E-state index in [-0.39, 0.29) is 6.61 Å². The van der Waals surface area contributed by atoms with Crippen LogP contribution in [0.5, 0.6) is 11.5 Å². The molecular weight excluding hydrogens is 389 g/mol. The fraction of sp³-hybridized carbons (Fsp3) is 0.400. The third kappa shape index (κ3) is 6.87. The number of hydrogen-bond donors (Lipinski definition) is 2. The number of nitrogens with one attached hydrogen (secondary N) is 1. The van der Waals surface area contributed by atoms with Gasteiger partial charge in [0.05, 0.1) is 44.5 Å². The van der Waals surface area contributed by atoms with Crippen LogP contribution in [0.2, 0.25) is 10.0 Å². The first-order chi connectivity index (χ1) is 12.9. The number of ether oxygens (including phenoxy) is 3. The van der Waals surface area contributed by atoms with Crippen LogP contribution in [0.25, 0.3) is 0 Å². The van der Waals surface area contributed by atoms with Crippen molar-refractivity contribution in [3.8, 4) is 11.5 Å². The third-order valence-corrected chi connectivity index (χ3v) is 4.84. The smallest absolute Gasteiger partial charge is 0.161 e. The molecule has 0 spiro atoms. The van der Waals surface area contributed by atoms with Crippen molar-refractivity contribution >= 4 is 23.2 Å². The first-order valence-corrected chi connectivity index (χ1v) is 9.40. The van der Waals surface area contributed by atoms with Crippen molar-refractivity contribution in [2.24, 2.45) is 0 Å². The molecule has 0 radical (unpaired) electrons. The highest BCUT2D eigenvalue weighted by atomic mass is 35.5. The van der Waals surface area contributed by atoms with Gasteiger partial charge in [0, 0.05) is 5.56 Å². The Bertz CT molecular complexity index is 742. The standard InChI is InChI=1S/C20H25Cl2NO4/c1-23(10-14-4-6-17(21)18(22)8-14)11-16(24)13-27-12-15-5-7-19(25-2)20(9-15)26-3/h4-9,16,24H,10-13H2,1-3H3/p+1/t16-/m1/s1. The van der Waals surface area contributed by atoms with Crippen LogP contribution in [-0.4, -0.2) is 45.6 Å². The lowest BCUT2D eigenvalue weighted by Gasteiger charge is -2.18. The molecule has 0 fully saturated rings.